The molecule has 0 saturated heterocycles. The molecule has 0 radical (unpaired) electrons. The number of phenols is 1. The fraction of sp³-hybridized carbons (Fsp3) is 0. The van der Waals surface area contributed by atoms with Crippen LogP contribution in [0.25, 0.3) is 0 Å². The summed E-state index contributed by atoms with van der Waals surface area (Å²) >= 11 is 5.87. The number of amides is 1. The third-order valence-corrected chi connectivity index (χ3v) is 2.83. The third kappa shape index (κ3) is 3.33. The van der Waals surface area contributed by atoms with Crippen molar-refractivity contribution in [3.05, 3.63) is 64.4 Å². The minimum absolute atomic E-state index is 0.0442. The SMILES string of the molecule is O=C(N/N=C/c1c(O)cccc1Cl)c1ccc(F)cc1. The van der Waals surface area contributed by atoms with Gasteiger partial charge in [0.1, 0.15) is 11.6 Å². The molecule has 1 amide bonds. The number of carbonyl (C=O) groups is 1. The minimum atomic E-state index is -0.493. The molecule has 0 fully saturated rings. The second kappa shape index (κ2) is 6.16. The van der Waals surface area contributed by atoms with Gasteiger partial charge in [0.05, 0.1) is 16.8 Å². The number of rotatable bonds is 3. The van der Waals surface area contributed by atoms with Crippen LogP contribution in [-0.2, 0) is 0 Å². The highest BCUT2D eigenvalue weighted by atomic mass is 35.5. The molecule has 4 nitrogen and oxygen atoms in total. The Hall–Kier alpha value is -2.40. The Bertz CT molecular complexity index is 636. The van der Waals surface area contributed by atoms with Crippen LogP contribution < -0.4 is 5.43 Å². The number of nitrogens with one attached hydrogen (secondary N) is 1. The van der Waals surface area contributed by atoms with E-state index in [4.69, 9.17) is 11.6 Å². The lowest BCUT2D eigenvalue weighted by Gasteiger charge is -2.02. The highest BCUT2D eigenvalue weighted by Crippen LogP contribution is 2.22. The smallest absolute Gasteiger partial charge is 0.271 e. The van der Waals surface area contributed by atoms with E-state index in [2.05, 4.69) is 10.5 Å². The van der Waals surface area contributed by atoms with Gasteiger partial charge in [-0.1, -0.05) is 17.7 Å². The zero-order valence-electron chi connectivity index (χ0n) is 10.2. The molecule has 2 rings (SSSR count). The molecule has 0 unspecified atom stereocenters. The molecule has 2 aromatic rings. The van der Waals surface area contributed by atoms with Crippen molar-refractivity contribution in [1.29, 1.82) is 0 Å². The molecular formula is C14H10ClFN2O2. The Morgan fingerprint density at radius 3 is 2.60 bits per heavy atom. The molecule has 20 heavy (non-hydrogen) atoms. The summed E-state index contributed by atoms with van der Waals surface area (Å²) in [6.45, 7) is 0. The zero-order valence-corrected chi connectivity index (χ0v) is 10.9. The summed E-state index contributed by atoms with van der Waals surface area (Å²) in [6, 6.07) is 9.67. The second-order valence-electron chi connectivity index (χ2n) is 3.88. The van der Waals surface area contributed by atoms with Crippen LogP contribution in [0.5, 0.6) is 5.75 Å². The Kier molecular flexibility index (Phi) is 4.32. The van der Waals surface area contributed by atoms with Crippen LogP contribution in [0.1, 0.15) is 15.9 Å². The van der Waals surface area contributed by atoms with E-state index in [1.54, 1.807) is 12.1 Å². The molecular weight excluding hydrogens is 283 g/mol. The van der Waals surface area contributed by atoms with Crippen molar-refractivity contribution < 1.29 is 14.3 Å². The summed E-state index contributed by atoms with van der Waals surface area (Å²) < 4.78 is 12.7. The number of carbonyl (C=O) groups excluding carboxylic acids is 1. The van der Waals surface area contributed by atoms with Crippen LogP contribution in [0.3, 0.4) is 0 Å². The molecule has 0 spiro atoms. The van der Waals surface area contributed by atoms with Crippen LogP contribution in [0.2, 0.25) is 5.02 Å². The van der Waals surface area contributed by atoms with Gasteiger partial charge in [0.25, 0.3) is 5.91 Å². The number of hydrogen-bond donors (Lipinski definition) is 2. The normalized spacial score (nSPS) is 10.7. The summed E-state index contributed by atoms with van der Waals surface area (Å²) in [7, 11) is 0. The van der Waals surface area contributed by atoms with Crippen molar-refractivity contribution in [2.45, 2.75) is 0 Å². The molecule has 0 aromatic heterocycles. The van der Waals surface area contributed by atoms with Crippen LogP contribution in [0.15, 0.2) is 47.6 Å². The van der Waals surface area contributed by atoms with E-state index in [0.29, 0.717) is 10.6 Å². The Morgan fingerprint density at radius 1 is 1.25 bits per heavy atom. The number of hydrazone groups is 1. The van der Waals surface area contributed by atoms with Gasteiger partial charge in [0.2, 0.25) is 0 Å². The number of hydrogen-bond acceptors (Lipinski definition) is 3. The molecule has 0 bridgehead atoms. The summed E-state index contributed by atoms with van der Waals surface area (Å²) in [5, 5.41) is 13.6. The van der Waals surface area contributed by atoms with Crippen molar-refractivity contribution in [3.8, 4) is 5.75 Å². The first-order chi connectivity index (χ1) is 9.58. The maximum absolute atomic E-state index is 12.7. The highest BCUT2D eigenvalue weighted by molar-refractivity contribution is 6.33. The minimum Gasteiger partial charge on any atom is -0.507 e. The van der Waals surface area contributed by atoms with Gasteiger partial charge >= 0.3 is 0 Å². The zero-order chi connectivity index (χ0) is 14.5. The van der Waals surface area contributed by atoms with Gasteiger partial charge in [-0.2, -0.15) is 5.10 Å². The largest absolute Gasteiger partial charge is 0.507 e. The lowest BCUT2D eigenvalue weighted by atomic mass is 10.2. The fourth-order valence-electron chi connectivity index (χ4n) is 1.47. The quantitative estimate of drug-likeness (QED) is 0.675. The number of halogens is 2. The van der Waals surface area contributed by atoms with E-state index in [1.165, 1.54) is 36.5 Å². The van der Waals surface area contributed by atoms with Gasteiger partial charge in [0.15, 0.2) is 0 Å². The number of phenolic OH excluding ortho intramolecular Hbond substituents is 1. The standard InChI is InChI=1S/C14H10ClFN2O2/c15-12-2-1-3-13(19)11(12)8-17-18-14(20)9-4-6-10(16)7-5-9/h1-8,19H,(H,18,20)/b17-8+. The molecule has 2 aromatic carbocycles. The summed E-state index contributed by atoms with van der Waals surface area (Å²) in [5.41, 5.74) is 2.83. The van der Waals surface area contributed by atoms with Crippen molar-refractivity contribution in [1.82, 2.24) is 5.43 Å². The van der Waals surface area contributed by atoms with E-state index in [-0.39, 0.29) is 11.3 Å². The summed E-state index contributed by atoms with van der Waals surface area (Å²) in [6.07, 6.45) is 1.24. The average molecular weight is 293 g/mol. The van der Waals surface area contributed by atoms with E-state index >= 15 is 0 Å². The third-order valence-electron chi connectivity index (χ3n) is 2.50. The van der Waals surface area contributed by atoms with Crippen molar-refractivity contribution >= 4 is 23.7 Å². The van der Waals surface area contributed by atoms with Gasteiger partial charge in [-0.25, -0.2) is 9.82 Å². The molecule has 2 N–H and O–H groups in total. The van der Waals surface area contributed by atoms with Gasteiger partial charge in [-0.3, -0.25) is 4.79 Å². The molecule has 0 aliphatic heterocycles. The number of nitrogens with zero attached hydrogens (tertiary/aromatic N) is 1. The maximum atomic E-state index is 12.7. The molecule has 0 aliphatic rings. The Labute approximate surface area is 119 Å². The molecule has 0 heterocycles. The monoisotopic (exact) mass is 292 g/mol. The molecule has 102 valence electrons. The molecule has 0 saturated carbocycles. The van der Waals surface area contributed by atoms with Crippen molar-refractivity contribution in [2.24, 2.45) is 5.10 Å². The van der Waals surface area contributed by atoms with E-state index in [0.717, 1.165) is 0 Å². The topological polar surface area (TPSA) is 61.7 Å². The first-order valence-corrected chi connectivity index (χ1v) is 6.02. The first kappa shape index (κ1) is 14.0. The molecule has 0 atom stereocenters. The Balaban J connectivity index is 2.06. The van der Waals surface area contributed by atoms with E-state index < -0.39 is 11.7 Å². The van der Waals surface area contributed by atoms with Crippen molar-refractivity contribution in [2.75, 3.05) is 0 Å². The fourth-order valence-corrected chi connectivity index (χ4v) is 1.69. The van der Waals surface area contributed by atoms with Gasteiger partial charge in [-0.15, -0.1) is 0 Å². The van der Waals surface area contributed by atoms with Crippen LogP contribution >= 0.6 is 11.6 Å². The maximum Gasteiger partial charge on any atom is 0.271 e. The predicted octanol–water partition coefficient (Wildman–Crippen LogP) is 2.95. The Morgan fingerprint density at radius 2 is 1.95 bits per heavy atom. The predicted molar refractivity (Wildman–Crippen MR) is 74.6 cm³/mol. The van der Waals surface area contributed by atoms with Crippen LogP contribution in [0.4, 0.5) is 4.39 Å². The summed E-state index contributed by atoms with van der Waals surface area (Å²) in [4.78, 5) is 11.7. The summed E-state index contributed by atoms with van der Waals surface area (Å²) in [5.74, 6) is -0.962. The lowest BCUT2D eigenvalue weighted by molar-refractivity contribution is 0.0955. The van der Waals surface area contributed by atoms with Gasteiger partial charge in [-0.05, 0) is 36.4 Å². The van der Waals surface area contributed by atoms with Gasteiger partial charge in [0, 0.05) is 5.56 Å². The number of aromatic hydroxyl groups is 1. The first-order valence-electron chi connectivity index (χ1n) is 5.64. The highest BCUT2D eigenvalue weighted by Gasteiger charge is 2.05. The van der Waals surface area contributed by atoms with Crippen molar-refractivity contribution in [3.63, 3.8) is 0 Å². The number of benzene rings is 2. The van der Waals surface area contributed by atoms with E-state index in [1.807, 2.05) is 0 Å². The second-order valence-corrected chi connectivity index (χ2v) is 4.29. The average Bonchev–Trinajstić information content (AvgIpc) is 2.42. The molecule has 0 aliphatic carbocycles. The lowest BCUT2D eigenvalue weighted by Crippen LogP contribution is -2.17. The van der Waals surface area contributed by atoms with E-state index in [9.17, 15) is 14.3 Å². The van der Waals surface area contributed by atoms with Crippen LogP contribution in [0, 0.1) is 5.82 Å². The molecule has 6 heteroatoms. The van der Waals surface area contributed by atoms with Gasteiger partial charge < -0.3 is 5.11 Å². The van der Waals surface area contributed by atoms with Crippen LogP contribution in [-0.4, -0.2) is 17.2 Å².